The van der Waals surface area contributed by atoms with Crippen molar-refractivity contribution >= 4 is 30.6 Å². The minimum Gasteiger partial charge on any atom is -0.444 e. The number of nitrogens with zero attached hydrogens (tertiary/aromatic N) is 2. The van der Waals surface area contributed by atoms with Crippen LogP contribution in [-0.4, -0.2) is 70.3 Å². The lowest BCUT2D eigenvalue weighted by molar-refractivity contribution is -0.117. The molecule has 0 aromatic heterocycles. The summed E-state index contributed by atoms with van der Waals surface area (Å²) in [6.07, 6.45) is 0.214. The molecule has 3 rings (SSSR count). The summed E-state index contributed by atoms with van der Waals surface area (Å²) in [7, 11) is -1.27. The molecule has 0 unspecified atom stereocenters. The van der Waals surface area contributed by atoms with Crippen LogP contribution in [0.1, 0.15) is 32.6 Å². The number of methoxy groups -OCH3 is 1. The molecule has 0 bridgehead atoms. The Labute approximate surface area is 192 Å². The second kappa shape index (κ2) is 10.1. The van der Waals surface area contributed by atoms with E-state index in [0.717, 1.165) is 12.1 Å². The molecule has 1 atom stereocenters. The molecule has 0 radical (unpaired) electrons. The number of Topliss-reactive ketones (excluding diaryl/α,β-unsaturated/α-hetero) is 1. The van der Waals surface area contributed by atoms with Gasteiger partial charge in [0.05, 0.1) is 18.8 Å². The predicted octanol–water partition coefficient (Wildman–Crippen LogP) is 4.20. The first kappa shape index (κ1) is 25.6. The van der Waals surface area contributed by atoms with Gasteiger partial charge in [0.15, 0.2) is 19.0 Å². The van der Waals surface area contributed by atoms with Gasteiger partial charge in [0.25, 0.3) is 0 Å². The number of anilines is 2. The van der Waals surface area contributed by atoms with Gasteiger partial charge in [-0.25, -0.2) is 13.6 Å². The van der Waals surface area contributed by atoms with E-state index in [9.17, 15) is 14.2 Å². The van der Waals surface area contributed by atoms with Crippen LogP contribution in [0, 0.1) is 11.6 Å². The average Bonchev–Trinajstić information content (AvgIpc) is 3.07. The number of hydrogen-bond donors (Lipinski definition) is 0. The van der Waals surface area contributed by atoms with E-state index in [4.69, 9.17) is 14.0 Å². The first-order chi connectivity index (χ1) is 15.4. The molecule has 1 aromatic rings. The molecule has 0 N–H and O–H groups in total. The molecule has 0 aliphatic carbocycles. The Bertz CT molecular complexity index is 922. The third kappa shape index (κ3) is 6.31. The molecule has 2 aliphatic heterocycles. The van der Waals surface area contributed by atoms with Crippen LogP contribution in [-0.2, 0) is 23.4 Å². The Hall–Kier alpha value is -2.03. The van der Waals surface area contributed by atoms with Crippen molar-refractivity contribution in [1.82, 2.24) is 0 Å². The number of cyclic esters (lactones) is 1. The summed E-state index contributed by atoms with van der Waals surface area (Å²) in [4.78, 5) is 26.1. The highest BCUT2D eigenvalue weighted by Gasteiger charge is 2.40. The van der Waals surface area contributed by atoms with Crippen LogP contribution in [0.5, 0.6) is 0 Å². The van der Waals surface area contributed by atoms with E-state index in [1.54, 1.807) is 4.90 Å². The minimum atomic E-state index is -2.80. The Balaban J connectivity index is 1.73. The number of benzene rings is 1. The number of carbonyl (C=O) groups excluding carboxylic acids is 2. The van der Waals surface area contributed by atoms with Gasteiger partial charge in [-0.05, 0) is 26.2 Å². The fourth-order valence-electron chi connectivity index (χ4n) is 4.39. The first-order valence-corrected chi connectivity index (χ1v) is 13.4. The normalized spacial score (nSPS) is 20.8. The van der Waals surface area contributed by atoms with Gasteiger partial charge in [-0.3, -0.25) is 9.46 Å². The molecule has 0 saturated carbocycles. The zero-order valence-corrected chi connectivity index (χ0v) is 20.3. The summed E-state index contributed by atoms with van der Waals surface area (Å²) in [5.74, 6) is -1.60. The monoisotopic (exact) mass is 488 g/mol. The molecule has 0 spiro atoms. The van der Waals surface area contributed by atoms with Gasteiger partial charge >= 0.3 is 6.09 Å². The van der Waals surface area contributed by atoms with E-state index >= 15 is 8.78 Å². The number of halogens is 2. The lowest BCUT2D eigenvalue weighted by Crippen LogP contribution is -2.48. The highest BCUT2D eigenvalue weighted by Crippen LogP contribution is 2.46. The summed E-state index contributed by atoms with van der Waals surface area (Å²) in [6, 6.07) is 2.24. The number of amides is 1. The Morgan fingerprint density at radius 3 is 2.36 bits per heavy atom. The molecular weight excluding hydrogens is 457 g/mol. The molecule has 1 amide bonds. The summed E-state index contributed by atoms with van der Waals surface area (Å²) < 4.78 is 58.6. The molecule has 2 aliphatic rings. The second-order valence-electron chi connectivity index (χ2n) is 9.06. The number of ketones is 1. The molecule has 2 saturated heterocycles. The maximum absolute atomic E-state index is 15.0. The molecular formula is C22H31F2N2O6P. The standard InChI is InChI=1S/C22H31F2N2O6P/c1-15(27)5-6-17-13-26(21(28)31-17)16-11-18(23)20(19(24)12-16)25-9-7-22(8-10-25,14-30-2)32-33(3,4)29/h11-12,17H,5-10,13-14H2,1-4H3/t17-/m0/s1. The second-order valence-corrected chi connectivity index (χ2v) is 11.7. The summed E-state index contributed by atoms with van der Waals surface area (Å²) in [5.41, 5.74) is -0.886. The average molecular weight is 488 g/mol. The molecule has 11 heteroatoms. The molecule has 8 nitrogen and oxygen atoms in total. The lowest BCUT2D eigenvalue weighted by atomic mass is 9.92. The fourth-order valence-corrected chi connectivity index (χ4v) is 5.55. The van der Waals surface area contributed by atoms with Crippen LogP contribution in [0.15, 0.2) is 12.1 Å². The van der Waals surface area contributed by atoms with Crippen molar-refractivity contribution in [3.8, 4) is 0 Å². The quantitative estimate of drug-likeness (QED) is 0.482. The smallest absolute Gasteiger partial charge is 0.414 e. The maximum Gasteiger partial charge on any atom is 0.414 e. The highest BCUT2D eigenvalue weighted by molar-refractivity contribution is 7.57. The van der Waals surface area contributed by atoms with Gasteiger partial charge in [0.1, 0.15) is 23.2 Å². The number of hydrogen-bond acceptors (Lipinski definition) is 7. The van der Waals surface area contributed by atoms with Crippen LogP contribution in [0.3, 0.4) is 0 Å². The molecule has 33 heavy (non-hydrogen) atoms. The zero-order chi connectivity index (χ0) is 24.4. The van der Waals surface area contributed by atoms with E-state index < -0.39 is 36.8 Å². The van der Waals surface area contributed by atoms with Crippen molar-refractivity contribution in [3.05, 3.63) is 23.8 Å². The number of ether oxygens (including phenoxy) is 2. The SMILES string of the molecule is COCC1(OP(C)(C)=O)CCN(c2c(F)cc(N3C[C@H](CCC(C)=O)OC3=O)cc2F)CC1. The van der Waals surface area contributed by atoms with Gasteiger partial charge in [-0.1, -0.05) is 0 Å². The fraction of sp³-hybridized carbons (Fsp3) is 0.636. The number of rotatable bonds is 9. The van der Waals surface area contributed by atoms with Crippen LogP contribution in [0.2, 0.25) is 0 Å². The lowest BCUT2D eigenvalue weighted by Gasteiger charge is -2.42. The van der Waals surface area contributed by atoms with Crippen molar-refractivity contribution in [1.29, 1.82) is 0 Å². The minimum absolute atomic E-state index is 0.0203. The first-order valence-electron chi connectivity index (χ1n) is 10.9. The van der Waals surface area contributed by atoms with E-state index in [-0.39, 0.29) is 49.8 Å². The maximum atomic E-state index is 15.0. The van der Waals surface area contributed by atoms with Crippen molar-refractivity contribution < 1.29 is 36.9 Å². The molecule has 1 aromatic carbocycles. The Morgan fingerprint density at radius 1 is 1.24 bits per heavy atom. The van der Waals surface area contributed by atoms with E-state index in [2.05, 4.69) is 0 Å². The summed E-state index contributed by atoms with van der Waals surface area (Å²) >= 11 is 0. The molecule has 184 valence electrons. The molecule has 2 heterocycles. The third-order valence-electron chi connectivity index (χ3n) is 5.82. The van der Waals surface area contributed by atoms with E-state index in [1.165, 1.54) is 32.3 Å². The topological polar surface area (TPSA) is 85.4 Å². The largest absolute Gasteiger partial charge is 0.444 e. The summed E-state index contributed by atoms with van der Waals surface area (Å²) in [5, 5.41) is 0. The van der Waals surface area contributed by atoms with Crippen LogP contribution >= 0.6 is 7.37 Å². The van der Waals surface area contributed by atoms with Gasteiger partial charge in [0, 0.05) is 52.1 Å². The van der Waals surface area contributed by atoms with Crippen LogP contribution in [0.25, 0.3) is 0 Å². The molecule has 2 fully saturated rings. The summed E-state index contributed by atoms with van der Waals surface area (Å²) in [6.45, 7) is 5.45. The van der Waals surface area contributed by atoms with Crippen molar-refractivity contribution in [3.63, 3.8) is 0 Å². The van der Waals surface area contributed by atoms with Crippen molar-refractivity contribution in [2.24, 2.45) is 0 Å². The number of piperidine rings is 1. The predicted molar refractivity (Wildman–Crippen MR) is 120 cm³/mol. The van der Waals surface area contributed by atoms with E-state index in [1.807, 2.05) is 0 Å². The highest BCUT2D eigenvalue weighted by atomic mass is 31.2. The zero-order valence-electron chi connectivity index (χ0n) is 19.4. The Kier molecular flexibility index (Phi) is 7.81. The van der Waals surface area contributed by atoms with Gasteiger partial charge in [-0.15, -0.1) is 0 Å². The van der Waals surface area contributed by atoms with Crippen molar-refractivity contribution in [2.75, 3.05) is 56.5 Å². The Morgan fingerprint density at radius 2 is 1.85 bits per heavy atom. The van der Waals surface area contributed by atoms with Gasteiger partial charge in [-0.2, -0.15) is 0 Å². The van der Waals surface area contributed by atoms with Gasteiger partial charge in [0.2, 0.25) is 0 Å². The van der Waals surface area contributed by atoms with Crippen LogP contribution < -0.4 is 9.80 Å². The number of carbonyl (C=O) groups is 2. The van der Waals surface area contributed by atoms with E-state index in [0.29, 0.717) is 19.3 Å². The third-order valence-corrected chi connectivity index (χ3v) is 6.64. The van der Waals surface area contributed by atoms with Crippen LogP contribution in [0.4, 0.5) is 25.0 Å². The van der Waals surface area contributed by atoms with Crippen molar-refractivity contribution in [2.45, 2.75) is 44.3 Å². The van der Waals surface area contributed by atoms with Gasteiger partial charge < -0.3 is 23.7 Å².